The first kappa shape index (κ1) is 20.6. The maximum atomic E-state index is 13.1. The highest BCUT2D eigenvalue weighted by atomic mass is 16.5. The molecule has 0 bridgehead atoms. The zero-order chi connectivity index (χ0) is 23.2. The molecule has 2 aliphatic rings. The van der Waals surface area contributed by atoms with Crippen LogP contribution < -0.4 is 10.5 Å². The second-order valence-corrected chi connectivity index (χ2v) is 8.83. The van der Waals surface area contributed by atoms with Crippen molar-refractivity contribution < 1.29 is 4.74 Å². The molecular formula is C26H24N6O2. The average Bonchev–Trinajstić information content (AvgIpc) is 3.44. The van der Waals surface area contributed by atoms with Gasteiger partial charge in [0.1, 0.15) is 0 Å². The number of morpholine rings is 1. The van der Waals surface area contributed by atoms with E-state index in [2.05, 4.69) is 25.6 Å². The number of rotatable bonds is 3. The first-order valence-electron chi connectivity index (χ1n) is 11.6. The molecule has 8 heteroatoms. The second-order valence-electron chi connectivity index (χ2n) is 8.83. The summed E-state index contributed by atoms with van der Waals surface area (Å²) in [4.78, 5) is 24.4. The normalized spacial score (nSPS) is 17.6. The summed E-state index contributed by atoms with van der Waals surface area (Å²) < 4.78 is 9.29. The lowest BCUT2D eigenvalue weighted by molar-refractivity contribution is 0.122. The lowest BCUT2D eigenvalue weighted by atomic mass is 9.95. The Kier molecular flexibility index (Phi) is 4.93. The molecule has 34 heavy (non-hydrogen) atoms. The molecular weight excluding hydrogens is 428 g/mol. The molecule has 1 fully saturated rings. The van der Waals surface area contributed by atoms with Gasteiger partial charge in [0, 0.05) is 37.6 Å². The number of anilines is 1. The van der Waals surface area contributed by atoms with Gasteiger partial charge in [0.25, 0.3) is 5.56 Å². The summed E-state index contributed by atoms with van der Waals surface area (Å²) in [6.45, 7) is 5.53. The molecule has 1 unspecified atom stereocenters. The number of benzene rings is 2. The van der Waals surface area contributed by atoms with Crippen LogP contribution >= 0.6 is 0 Å². The van der Waals surface area contributed by atoms with Crippen molar-refractivity contribution in [1.82, 2.24) is 19.3 Å². The molecule has 2 aliphatic heterocycles. The molecule has 4 aromatic rings. The SMILES string of the molecule is Cc1cccc(C2CCn3c(=O)c4ccc(-c5cnc(N6CCOCC6)nc5)cc4n32)c1C#N. The van der Waals surface area contributed by atoms with Gasteiger partial charge < -0.3 is 9.64 Å². The number of nitrogens with zero attached hydrogens (tertiary/aromatic N) is 6. The molecule has 0 aliphatic carbocycles. The van der Waals surface area contributed by atoms with Gasteiger partial charge in [0.05, 0.1) is 41.8 Å². The Morgan fingerprint density at radius 1 is 1.06 bits per heavy atom. The van der Waals surface area contributed by atoms with E-state index in [1.165, 1.54) is 0 Å². The van der Waals surface area contributed by atoms with Crippen LogP contribution in [0.15, 0.2) is 53.6 Å². The molecule has 2 aromatic heterocycles. The van der Waals surface area contributed by atoms with Gasteiger partial charge in [-0.1, -0.05) is 24.3 Å². The minimum absolute atomic E-state index is 0.00845. The predicted molar refractivity (Wildman–Crippen MR) is 129 cm³/mol. The molecule has 8 nitrogen and oxygen atoms in total. The third-order valence-electron chi connectivity index (χ3n) is 6.92. The molecule has 0 amide bonds. The highest BCUT2D eigenvalue weighted by Gasteiger charge is 2.30. The molecule has 0 saturated carbocycles. The highest BCUT2D eigenvalue weighted by Crippen LogP contribution is 2.35. The van der Waals surface area contributed by atoms with E-state index in [9.17, 15) is 10.1 Å². The van der Waals surface area contributed by atoms with Crippen molar-refractivity contribution in [2.75, 3.05) is 31.2 Å². The fourth-order valence-electron chi connectivity index (χ4n) is 5.17. The number of nitriles is 1. The zero-order valence-electron chi connectivity index (χ0n) is 18.9. The first-order valence-corrected chi connectivity index (χ1v) is 11.6. The number of hydrogen-bond acceptors (Lipinski definition) is 6. The Balaban J connectivity index is 1.43. The van der Waals surface area contributed by atoms with Crippen molar-refractivity contribution in [3.63, 3.8) is 0 Å². The third-order valence-corrected chi connectivity index (χ3v) is 6.92. The van der Waals surface area contributed by atoms with Gasteiger partial charge in [0.2, 0.25) is 5.95 Å². The van der Waals surface area contributed by atoms with Crippen molar-refractivity contribution in [3.8, 4) is 17.2 Å². The monoisotopic (exact) mass is 452 g/mol. The fraction of sp³-hybridized carbons (Fsp3) is 0.308. The van der Waals surface area contributed by atoms with Gasteiger partial charge in [-0.2, -0.15) is 5.26 Å². The topological polar surface area (TPSA) is 89.0 Å². The molecule has 1 atom stereocenters. The van der Waals surface area contributed by atoms with E-state index >= 15 is 0 Å². The van der Waals surface area contributed by atoms with Crippen molar-refractivity contribution in [3.05, 3.63) is 75.8 Å². The second kappa shape index (κ2) is 8.12. The smallest absolute Gasteiger partial charge is 0.274 e. The van der Waals surface area contributed by atoms with Crippen LogP contribution in [-0.4, -0.2) is 45.6 Å². The minimum atomic E-state index is -0.0602. The number of aromatic nitrogens is 4. The maximum Gasteiger partial charge on any atom is 0.274 e. The Labute approximate surface area is 196 Å². The van der Waals surface area contributed by atoms with Gasteiger partial charge in [-0.25, -0.2) is 14.6 Å². The molecule has 4 heterocycles. The van der Waals surface area contributed by atoms with Gasteiger partial charge in [-0.05, 0) is 42.2 Å². The average molecular weight is 453 g/mol. The standard InChI is InChI=1S/C26H24N6O2/c1-17-3-2-4-20(22(17)14-27)23-7-8-31-25(33)21-6-5-18(13-24(21)32(23)31)19-15-28-26(29-16-19)30-9-11-34-12-10-30/h2-6,13,15-16,23H,7-12H2,1H3. The molecule has 0 radical (unpaired) electrons. The number of ether oxygens (including phenoxy) is 1. The van der Waals surface area contributed by atoms with Gasteiger partial charge in [-0.3, -0.25) is 9.48 Å². The van der Waals surface area contributed by atoms with Crippen molar-refractivity contribution in [1.29, 1.82) is 5.26 Å². The van der Waals surface area contributed by atoms with E-state index in [0.717, 1.165) is 47.3 Å². The van der Waals surface area contributed by atoms with E-state index < -0.39 is 0 Å². The summed E-state index contributed by atoms with van der Waals surface area (Å²) in [5.41, 5.74) is 5.34. The molecule has 1 saturated heterocycles. The van der Waals surface area contributed by atoms with Crippen LogP contribution in [-0.2, 0) is 11.3 Å². The van der Waals surface area contributed by atoms with Crippen molar-refractivity contribution in [2.45, 2.75) is 25.9 Å². The van der Waals surface area contributed by atoms with E-state index in [-0.39, 0.29) is 11.6 Å². The van der Waals surface area contributed by atoms with Crippen molar-refractivity contribution in [2.24, 2.45) is 0 Å². The summed E-state index contributed by atoms with van der Waals surface area (Å²) in [5, 5.41) is 10.5. The molecule has 170 valence electrons. The third kappa shape index (κ3) is 3.20. The van der Waals surface area contributed by atoms with Gasteiger partial charge in [0.15, 0.2) is 0 Å². The first-order chi connectivity index (χ1) is 16.7. The van der Waals surface area contributed by atoms with Crippen LogP contribution in [0, 0.1) is 18.3 Å². The zero-order valence-corrected chi connectivity index (χ0v) is 18.9. The van der Waals surface area contributed by atoms with Crippen LogP contribution in [0.4, 0.5) is 5.95 Å². The maximum absolute atomic E-state index is 13.1. The quantitative estimate of drug-likeness (QED) is 0.474. The van der Waals surface area contributed by atoms with Gasteiger partial charge in [-0.15, -0.1) is 0 Å². The van der Waals surface area contributed by atoms with Crippen LogP contribution in [0.25, 0.3) is 22.0 Å². The van der Waals surface area contributed by atoms with Crippen LogP contribution in [0.1, 0.15) is 29.2 Å². The summed E-state index contributed by atoms with van der Waals surface area (Å²) in [6.07, 6.45) is 4.46. The van der Waals surface area contributed by atoms with E-state index in [4.69, 9.17) is 4.74 Å². The lowest BCUT2D eigenvalue weighted by Gasteiger charge is -2.26. The summed E-state index contributed by atoms with van der Waals surface area (Å²) >= 11 is 0. The number of aryl methyl sites for hydroxylation is 1. The van der Waals surface area contributed by atoms with Crippen LogP contribution in [0.5, 0.6) is 0 Å². The molecule has 2 aromatic carbocycles. The van der Waals surface area contributed by atoms with E-state index in [1.807, 2.05) is 55.7 Å². The summed E-state index contributed by atoms with van der Waals surface area (Å²) in [5.74, 6) is 0.706. The molecule has 0 N–H and O–H groups in total. The van der Waals surface area contributed by atoms with Gasteiger partial charge >= 0.3 is 0 Å². The largest absolute Gasteiger partial charge is 0.378 e. The Bertz CT molecular complexity index is 1490. The summed E-state index contributed by atoms with van der Waals surface area (Å²) in [7, 11) is 0. The van der Waals surface area contributed by atoms with Crippen molar-refractivity contribution >= 4 is 16.9 Å². The Hall–Kier alpha value is -3.96. The van der Waals surface area contributed by atoms with Crippen LogP contribution in [0.2, 0.25) is 0 Å². The highest BCUT2D eigenvalue weighted by molar-refractivity contribution is 5.84. The Morgan fingerprint density at radius 2 is 1.85 bits per heavy atom. The predicted octanol–water partition coefficient (Wildman–Crippen LogP) is 3.27. The van der Waals surface area contributed by atoms with Crippen LogP contribution in [0.3, 0.4) is 0 Å². The molecule has 0 spiro atoms. The summed E-state index contributed by atoms with van der Waals surface area (Å²) in [6, 6.07) is 14.1. The lowest BCUT2D eigenvalue weighted by Crippen LogP contribution is -2.37. The minimum Gasteiger partial charge on any atom is -0.378 e. The fourth-order valence-corrected chi connectivity index (χ4v) is 5.17. The van der Waals surface area contributed by atoms with E-state index in [1.54, 1.807) is 4.68 Å². The number of fused-ring (bicyclic) bond motifs is 3. The Morgan fingerprint density at radius 3 is 2.62 bits per heavy atom. The molecule has 6 rings (SSSR count). The van der Waals surface area contributed by atoms with E-state index in [0.29, 0.717) is 36.7 Å². The number of hydrogen-bond donors (Lipinski definition) is 0.